The largest absolute Gasteiger partial charge is 0.489 e. The quantitative estimate of drug-likeness (QED) is 0.197. The Morgan fingerprint density at radius 1 is 1.17 bits per heavy atom. The van der Waals surface area contributed by atoms with E-state index in [4.69, 9.17) is 15.0 Å². The summed E-state index contributed by atoms with van der Waals surface area (Å²) in [5.74, 6) is 0.709. The summed E-state index contributed by atoms with van der Waals surface area (Å²) in [5, 5.41) is 11.9. The molecule has 2 heterocycles. The topological polar surface area (TPSA) is 140 Å². The second-order valence-electron chi connectivity index (χ2n) is 10.1. The van der Waals surface area contributed by atoms with Crippen molar-refractivity contribution in [3.63, 3.8) is 0 Å². The number of anilines is 2. The Kier molecular flexibility index (Phi) is 8.34. The monoisotopic (exact) mass is 572 g/mol. The lowest BCUT2D eigenvalue weighted by Crippen LogP contribution is -2.21. The van der Waals surface area contributed by atoms with Crippen LogP contribution in [0.1, 0.15) is 35.8 Å². The molecule has 2 aromatic heterocycles. The van der Waals surface area contributed by atoms with E-state index < -0.39 is 17.5 Å². The molecule has 0 saturated heterocycles. The van der Waals surface area contributed by atoms with Gasteiger partial charge < -0.3 is 25.2 Å². The van der Waals surface area contributed by atoms with Gasteiger partial charge in [-0.15, -0.1) is 5.10 Å². The number of aromatic nitrogens is 5. The molecule has 218 valence electrons. The van der Waals surface area contributed by atoms with Gasteiger partial charge in [0.25, 0.3) is 0 Å². The van der Waals surface area contributed by atoms with Gasteiger partial charge in [-0.25, -0.2) is 9.18 Å². The molecule has 0 spiro atoms. The lowest BCUT2D eigenvalue weighted by atomic mass is 10.00. The van der Waals surface area contributed by atoms with E-state index in [2.05, 4.69) is 25.5 Å². The average molecular weight is 573 g/mol. The summed E-state index contributed by atoms with van der Waals surface area (Å²) in [6.45, 7) is 4.63. The molecule has 1 unspecified atom stereocenters. The minimum Gasteiger partial charge on any atom is -0.489 e. The van der Waals surface area contributed by atoms with Gasteiger partial charge in [0.05, 0.1) is 11.4 Å². The molecule has 0 radical (unpaired) electrons. The van der Waals surface area contributed by atoms with Crippen molar-refractivity contribution >= 4 is 11.4 Å². The van der Waals surface area contributed by atoms with Gasteiger partial charge >= 0.3 is 5.69 Å². The number of para-hydroxylation sites is 2. The van der Waals surface area contributed by atoms with E-state index in [1.165, 1.54) is 4.68 Å². The highest BCUT2D eigenvalue weighted by atomic mass is 19.1. The minimum absolute atomic E-state index is 0.134. The minimum atomic E-state index is -0.884. The first-order chi connectivity index (χ1) is 20.2. The first kappa shape index (κ1) is 28.6. The summed E-state index contributed by atoms with van der Waals surface area (Å²) in [6.07, 6.45) is 0.647. The third kappa shape index (κ3) is 6.18. The number of nitrogen functional groups attached to an aromatic ring is 1. The van der Waals surface area contributed by atoms with E-state index in [1.807, 2.05) is 50.2 Å². The highest BCUT2D eigenvalue weighted by Gasteiger charge is 2.26. The second kappa shape index (κ2) is 12.3. The number of H-pyrrole nitrogens is 1. The predicted molar refractivity (Wildman–Crippen MR) is 158 cm³/mol. The van der Waals surface area contributed by atoms with Gasteiger partial charge in [0.2, 0.25) is 11.7 Å². The van der Waals surface area contributed by atoms with E-state index in [-0.39, 0.29) is 17.1 Å². The Morgan fingerprint density at radius 2 is 1.93 bits per heavy atom. The highest BCUT2D eigenvalue weighted by molar-refractivity contribution is 5.60. The molecule has 5 rings (SSSR count). The SMILES string of the molecule is CCc1cc(OCCN(C)C)c(F)c(C(Nc2ccc(-c3noc(C)n3)cc2)c2nn(-c3ccccc3N)c(=O)[nH]2)c1. The van der Waals surface area contributed by atoms with Crippen molar-refractivity contribution in [3.05, 3.63) is 99.8 Å². The number of likely N-dealkylation sites (N-methyl/N-ethyl adjacent to an activating group) is 1. The fraction of sp³-hybridized carbons (Fsp3) is 0.267. The van der Waals surface area contributed by atoms with Gasteiger partial charge in [-0.05, 0) is 68.5 Å². The van der Waals surface area contributed by atoms with Crippen molar-refractivity contribution in [3.8, 4) is 22.8 Å². The van der Waals surface area contributed by atoms with Crippen LogP contribution in [0.2, 0.25) is 0 Å². The zero-order chi connectivity index (χ0) is 29.8. The van der Waals surface area contributed by atoms with Crippen molar-refractivity contribution in [1.29, 1.82) is 0 Å². The summed E-state index contributed by atoms with van der Waals surface area (Å²) in [7, 11) is 3.84. The van der Waals surface area contributed by atoms with Crippen LogP contribution in [-0.4, -0.2) is 57.1 Å². The Balaban J connectivity index is 1.58. The zero-order valence-electron chi connectivity index (χ0n) is 23.9. The summed E-state index contributed by atoms with van der Waals surface area (Å²) < 4.78 is 28.3. The number of nitrogens with two attached hydrogens (primary N) is 1. The van der Waals surface area contributed by atoms with Gasteiger partial charge in [0.15, 0.2) is 17.4 Å². The molecule has 42 heavy (non-hydrogen) atoms. The average Bonchev–Trinajstić information content (AvgIpc) is 3.58. The van der Waals surface area contributed by atoms with Crippen molar-refractivity contribution in [2.45, 2.75) is 26.3 Å². The fourth-order valence-corrected chi connectivity index (χ4v) is 4.44. The fourth-order valence-electron chi connectivity index (χ4n) is 4.44. The van der Waals surface area contributed by atoms with Crippen LogP contribution >= 0.6 is 0 Å². The van der Waals surface area contributed by atoms with Crippen LogP contribution in [-0.2, 0) is 6.42 Å². The molecule has 0 aliphatic heterocycles. The van der Waals surface area contributed by atoms with E-state index in [0.717, 1.165) is 11.1 Å². The van der Waals surface area contributed by atoms with Crippen molar-refractivity contribution in [2.75, 3.05) is 38.3 Å². The van der Waals surface area contributed by atoms with E-state index in [9.17, 15) is 4.79 Å². The van der Waals surface area contributed by atoms with Crippen molar-refractivity contribution < 1.29 is 13.7 Å². The lowest BCUT2D eigenvalue weighted by Gasteiger charge is -2.21. The summed E-state index contributed by atoms with van der Waals surface area (Å²) >= 11 is 0. The number of hydrogen-bond acceptors (Lipinski definition) is 9. The van der Waals surface area contributed by atoms with Crippen LogP contribution in [0, 0.1) is 12.7 Å². The van der Waals surface area contributed by atoms with Gasteiger partial charge in [-0.1, -0.05) is 30.3 Å². The maximum Gasteiger partial charge on any atom is 0.348 e. The van der Waals surface area contributed by atoms with Crippen molar-refractivity contribution in [1.82, 2.24) is 29.8 Å². The predicted octanol–water partition coefficient (Wildman–Crippen LogP) is 4.34. The second-order valence-corrected chi connectivity index (χ2v) is 10.1. The van der Waals surface area contributed by atoms with E-state index in [1.54, 1.807) is 43.3 Å². The number of halogens is 1. The number of aryl methyl sites for hydroxylation is 2. The maximum atomic E-state index is 16.2. The molecule has 5 aromatic rings. The summed E-state index contributed by atoms with van der Waals surface area (Å²) in [5.41, 5.74) is 8.96. The molecular formula is C30H33FN8O3. The molecule has 1 atom stereocenters. The van der Waals surface area contributed by atoms with Crippen LogP contribution in [0.25, 0.3) is 17.1 Å². The van der Waals surface area contributed by atoms with Crippen LogP contribution < -0.4 is 21.5 Å². The first-order valence-electron chi connectivity index (χ1n) is 13.5. The van der Waals surface area contributed by atoms with Crippen LogP contribution in [0.3, 0.4) is 0 Å². The molecule has 11 nitrogen and oxygen atoms in total. The smallest absolute Gasteiger partial charge is 0.348 e. The Morgan fingerprint density at radius 3 is 2.60 bits per heavy atom. The molecular weight excluding hydrogens is 539 g/mol. The number of aromatic amines is 1. The lowest BCUT2D eigenvalue weighted by molar-refractivity contribution is 0.251. The molecule has 4 N–H and O–H groups in total. The van der Waals surface area contributed by atoms with Crippen LogP contribution in [0.15, 0.2) is 70.0 Å². The number of benzene rings is 3. The normalized spacial score (nSPS) is 12.0. The number of nitrogens with zero attached hydrogens (tertiary/aromatic N) is 5. The molecule has 0 fully saturated rings. The molecule has 0 aliphatic carbocycles. The molecule has 0 amide bonds. The Labute approximate surface area is 242 Å². The molecule has 12 heteroatoms. The van der Waals surface area contributed by atoms with Gasteiger partial charge in [0.1, 0.15) is 12.6 Å². The third-order valence-electron chi connectivity index (χ3n) is 6.70. The Bertz CT molecular complexity index is 1730. The zero-order valence-corrected chi connectivity index (χ0v) is 23.9. The molecule has 0 bridgehead atoms. The number of nitrogens with one attached hydrogen (secondary N) is 2. The maximum absolute atomic E-state index is 16.2. The van der Waals surface area contributed by atoms with Crippen LogP contribution in [0.4, 0.5) is 15.8 Å². The molecule has 0 aliphatic rings. The highest BCUT2D eigenvalue weighted by Crippen LogP contribution is 2.33. The summed E-state index contributed by atoms with van der Waals surface area (Å²) in [4.78, 5) is 22.1. The van der Waals surface area contributed by atoms with Gasteiger partial charge in [-0.2, -0.15) is 9.67 Å². The number of hydrogen-bond donors (Lipinski definition) is 3. The first-order valence-corrected chi connectivity index (χ1v) is 13.5. The third-order valence-corrected chi connectivity index (χ3v) is 6.70. The standard InChI is InChI=1S/C30H33FN8O3/c1-5-19-16-22(26(31)25(17-19)41-15-14-38(3)4)27(29-35-30(40)39(36-29)24-9-7-6-8-23(24)32)34-21-12-10-20(11-13-21)28-33-18(2)42-37-28/h6-13,16-17,27,34H,5,14-15,32H2,1-4H3,(H,35,36,40). The van der Waals surface area contributed by atoms with E-state index >= 15 is 4.39 Å². The number of rotatable bonds is 11. The van der Waals surface area contributed by atoms with Crippen LogP contribution in [0.5, 0.6) is 5.75 Å². The number of ether oxygens (including phenoxy) is 1. The van der Waals surface area contributed by atoms with Gasteiger partial charge in [-0.3, -0.25) is 4.98 Å². The molecule has 0 saturated carbocycles. The van der Waals surface area contributed by atoms with Crippen molar-refractivity contribution in [2.24, 2.45) is 0 Å². The van der Waals surface area contributed by atoms with E-state index in [0.29, 0.717) is 48.3 Å². The summed E-state index contributed by atoms with van der Waals surface area (Å²) in [6, 6.07) is 16.8. The Hall–Kier alpha value is -4.97. The molecule has 3 aromatic carbocycles. The van der Waals surface area contributed by atoms with Gasteiger partial charge in [0, 0.05) is 30.3 Å².